The van der Waals surface area contributed by atoms with Gasteiger partial charge in [-0.25, -0.2) is 4.98 Å². The standard InChI is InChI=1S/C24H22N4O3S/c1-16-21(23(31)25-15-17-8-4-2-5-9-17)32-24(26-16)28-13-12-18(14-20(28)29)22(30)27-19-10-6-3-7-11-19/h2-13,18H,14-15H2,1H3,(H,25,31)(H,27,30). The van der Waals surface area contributed by atoms with Crippen molar-refractivity contribution in [3.63, 3.8) is 0 Å². The largest absolute Gasteiger partial charge is 0.347 e. The van der Waals surface area contributed by atoms with Gasteiger partial charge in [-0.1, -0.05) is 65.9 Å². The van der Waals surface area contributed by atoms with E-state index in [1.165, 1.54) is 4.90 Å². The summed E-state index contributed by atoms with van der Waals surface area (Å²) in [5.41, 5.74) is 2.24. The number of nitrogens with zero attached hydrogens (tertiary/aromatic N) is 2. The minimum atomic E-state index is -0.561. The average molecular weight is 447 g/mol. The molecule has 0 bridgehead atoms. The van der Waals surface area contributed by atoms with Gasteiger partial charge in [-0.2, -0.15) is 0 Å². The number of anilines is 2. The number of hydrogen-bond donors (Lipinski definition) is 2. The molecule has 1 unspecified atom stereocenters. The molecule has 1 aliphatic heterocycles. The van der Waals surface area contributed by atoms with E-state index in [0.29, 0.717) is 27.9 Å². The van der Waals surface area contributed by atoms with Crippen molar-refractivity contribution in [3.05, 3.63) is 89.1 Å². The smallest absolute Gasteiger partial charge is 0.263 e. The first-order valence-electron chi connectivity index (χ1n) is 10.2. The quantitative estimate of drug-likeness (QED) is 0.601. The zero-order valence-electron chi connectivity index (χ0n) is 17.4. The number of nitrogens with one attached hydrogen (secondary N) is 2. The number of hydrogen-bond acceptors (Lipinski definition) is 5. The van der Waals surface area contributed by atoms with Gasteiger partial charge >= 0.3 is 0 Å². The Hall–Kier alpha value is -3.78. The van der Waals surface area contributed by atoms with Crippen LogP contribution in [0.1, 0.15) is 27.3 Å². The van der Waals surface area contributed by atoms with Crippen LogP contribution in [0.3, 0.4) is 0 Å². The van der Waals surface area contributed by atoms with E-state index in [1.807, 2.05) is 48.5 Å². The van der Waals surface area contributed by atoms with E-state index >= 15 is 0 Å². The van der Waals surface area contributed by atoms with Crippen LogP contribution in [0.15, 0.2) is 72.9 Å². The van der Waals surface area contributed by atoms with Crippen LogP contribution in [0.5, 0.6) is 0 Å². The molecule has 7 nitrogen and oxygen atoms in total. The zero-order valence-corrected chi connectivity index (χ0v) is 18.3. The van der Waals surface area contributed by atoms with Crippen molar-refractivity contribution in [3.8, 4) is 0 Å². The first-order valence-corrected chi connectivity index (χ1v) is 11.0. The van der Waals surface area contributed by atoms with Crippen LogP contribution in [0.25, 0.3) is 0 Å². The Kier molecular flexibility index (Phi) is 6.42. The van der Waals surface area contributed by atoms with Gasteiger partial charge in [-0.05, 0) is 24.6 Å². The summed E-state index contributed by atoms with van der Waals surface area (Å²) >= 11 is 1.16. The van der Waals surface area contributed by atoms with Crippen LogP contribution in [0, 0.1) is 12.8 Å². The highest BCUT2D eigenvalue weighted by Gasteiger charge is 2.29. The number of carbonyl (C=O) groups is 3. The summed E-state index contributed by atoms with van der Waals surface area (Å²) in [5, 5.41) is 6.11. The van der Waals surface area contributed by atoms with E-state index in [9.17, 15) is 14.4 Å². The lowest BCUT2D eigenvalue weighted by atomic mass is 10.0. The van der Waals surface area contributed by atoms with Crippen LogP contribution >= 0.6 is 11.3 Å². The lowest BCUT2D eigenvalue weighted by Crippen LogP contribution is -2.35. The van der Waals surface area contributed by atoms with Gasteiger partial charge in [0.15, 0.2) is 5.13 Å². The molecular formula is C24H22N4O3S. The molecule has 162 valence electrons. The van der Waals surface area contributed by atoms with Crippen molar-refractivity contribution in [2.45, 2.75) is 19.9 Å². The highest BCUT2D eigenvalue weighted by atomic mass is 32.1. The van der Waals surface area contributed by atoms with Crippen LogP contribution in [-0.4, -0.2) is 22.7 Å². The normalized spacial score (nSPS) is 15.5. The Morgan fingerprint density at radius 1 is 1.09 bits per heavy atom. The molecule has 3 aromatic rings. The van der Waals surface area contributed by atoms with E-state index < -0.39 is 5.92 Å². The highest BCUT2D eigenvalue weighted by molar-refractivity contribution is 7.17. The minimum absolute atomic E-state index is 0.0311. The molecule has 32 heavy (non-hydrogen) atoms. The molecule has 3 amide bonds. The monoisotopic (exact) mass is 446 g/mol. The number of aromatic nitrogens is 1. The Labute approximate surface area is 189 Å². The van der Waals surface area contributed by atoms with Crippen LogP contribution in [0.4, 0.5) is 10.8 Å². The van der Waals surface area contributed by atoms with Crippen molar-refractivity contribution in [2.24, 2.45) is 5.92 Å². The van der Waals surface area contributed by atoms with Crippen LogP contribution in [-0.2, 0) is 16.1 Å². The van der Waals surface area contributed by atoms with E-state index in [1.54, 1.807) is 31.3 Å². The second-order valence-corrected chi connectivity index (χ2v) is 8.33. The number of rotatable bonds is 6. The molecule has 2 N–H and O–H groups in total. The molecule has 8 heteroatoms. The molecular weight excluding hydrogens is 424 g/mol. The lowest BCUT2D eigenvalue weighted by Gasteiger charge is -2.23. The average Bonchev–Trinajstić information content (AvgIpc) is 3.20. The number of carbonyl (C=O) groups excluding carboxylic acids is 3. The Balaban J connectivity index is 1.42. The summed E-state index contributed by atoms with van der Waals surface area (Å²) < 4.78 is 0. The first kappa shape index (κ1) is 21.5. The van der Waals surface area contributed by atoms with Gasteiger partial charge in [0.25, 0.3) is 5.91 Å². The fraction of sp³-hybridized carbons (Fsp3) is 0.167. The van der Waals surface area contributed by atoms with Gasteiger partial charge in [-0.15, -0.1) is 0 Å². The SMILES string of the molecule is Cc1nc(N2C=CC(C(=O)Nc3ccccc3)CC2=O)sc1C(=O)NCc1ccccc1. The summed E-state index contributed by atoms with van der Waals surface area (Å²) in [5.74, 6) is -1.28. The summed E-state index contributed by atoms with van der Waals surface area (Å²) in [7, 11) is 0. The molecule has 1 aromatic heterocycles. The van der Waals surface area contributed by atoms with Gasteiger partial charge in [0.1, 0.15) is 4.88 Å². The van der Waals surface area contributed by atoms with Crippen molar-refractivity contribution >= 4 is 39.9 Å². The van der Waals surface area contributed by atoms with Crippen LogP contribution in [0.2, 0.25) is 0 Å². The van der Waals surface area contributed by atoms with Gasteiger partial charge in [-0.3, -0.25) is 19.3 Å². The number of aryl methyl sites for hydroxylation is 1. The summed E-state index contributed by atoms with van der Waals surface area (Å²) in [6.45, 7) is 2.15. The molecule has 1 aliphatic rings. The zero-order chi connectivity index (χ0) is 22.5. The molecule has 0 spiro atoms. The highest BCUT2D eigenvalue weighted by Crippen LogP contribution is 2.30. The summed E-state index contributed by atoms with van der Waals surface area (Å²) in [6, 6.07) is 18.7. The van der Waals surface area contributed by atoms with Crippen molar-refractivity contribution in [1.82, 2.24) is 10.3 Å². The second kappa shape index (κ2) is 9.57. The van der Waals surface area contributed by atoms with E-state index in [4.69, 9.17) is 0 Å². The Morgan fingerprint density at radius 3 is 2.47 bits per heavy atom. The topological polar surface area (TPSA) is 91.4 Å². The van der Waals surface area contributed by atoms with E-state index in [-0.39, 0.29) is 24.1 Å². The maximum atomic E-state index is 12.7. The molecule has 2 aromatic carbocycles. The number of para-hydroxylation sites is 1. The molecule has 0 radical (unpaired) electrons. The van der Waals surface area contributed by atoms with Crippen molar-refractivity contribution in [2.75, 3.05) is 10.2 Å². The minimum Gasteiger partial charge on any atom is -0.347 e. The fourth-order valence-corrected chi connectivity index (χ4v) is 4.27. The van der Waals surface area contributed by atoms with E-state index in [0.717, 1.165) is 16.9 Å². The van der Waals surface area contributed by atoms with Gasteiger partial charge < -0.3 is 10.6 Å². The Morgan fingerprint density at radius 2 is 1.78 bits per heavy atom. The fourth-order valence-electron chi connectivity index (χ4n) is 3.29. The van der Waals surface area contributed by atoms with Gasteiger partial charge in [0.2, 0.25) is 11.8 Å². The predicted octanol–water partition coefficient (Wildman–Crippen LogP) is 3.89. The second-order valence-electron chi connectivity index (χ2n) is 7.35. The van der Waals surface area contributed by atoms with Crippen molar-refractivity contribution < 1.29 is 14.4 Å². The number of amides is 3. The number of thiazole rings is 1. The lowest BCUT2D eigenvalue weighted by molar-refractivity contribution is -0.124. The third kappa shape index (κ3) is 4.92. The molecule has 0 saturated carbocycles. The molecule has 0 aliphatic carbocycles. The first-order chi connectivity index (χ1) is 15.5. The number of benzene rings is 2. The maximum Gasteiger partial charge on any atom is 0.263 e. The van der Waals surface area contributed by atoms with Crippen LogP contribution < -0.4 is 15.5 Å². The summed E-state index contributed by atoms with van der Waals surface area (Å²) in [6.07, 6.45) is 3.28. The molecule has 1 atom stereocenters. The van der Waals surface area contributed by atoms with Gasteiger partial charge in [0, 0.05) is 24.9 Å². The molecule has 0 saturated heterocycles. The molecule has 0 fully saturated rings. The summed E-state index contributed by atoms with van der Waals surface area (Å²) in [4.78, 5) is 44.1. The third-order valence-electron chi connectivity index (χ3n) is 5.00. The molecule has 2 heterocycles. The Bertz CT molecular complexity index is 1160. The van der Waals surface area contributed by atoms with Gasteiger partial charge in [0.05, 0.1) is 11.6 Å². The predicted molar refractivity (Wildman–Crippen MR) is 124 cm³/mol. The van der Waals surface area contributed by atoms with Crippen molar-refractivity contribution in [1.29, 1.82) is 0 Å². The molecule has 4 rings (SSSR count). The van der Waals surface area contributed by atoms with E-state index in [2.05, 4.69) is 15.6 Å². The third-order valence-corrected chi connectivity index (χ3v) is 6.16. The maximum absolute atomic E-state index is 12.7.